The second-order valence-corrected chi connectivity index (χ2v) is 7.11. The Kier molecular flexibility index (Phi) is 4.14. The van der Waals surface area contributed by atoms with Crippen molar-refractivity contribution in [2.45, 2.75) is 31.2 Å². The molecule has 0 spiro atoms. The fourth-order valence-electron chi connectivity index (χ4n) is 2.33. The molecule has 1 fully saturated rings. The maximum Gasteiger partial charge on any atom is 0.355 e. The van der Waals surface area contributed by atoms with Gasteiger partial charge in [0.15, 0.2) is 0 Å². The number of aryl methyl sites for hydroxylation is 1. The van der Waals surface area contributed by atoms with Crippen molar-refractivity contribution in [1.29, 1.82) is 0 Å². The second-order valence-electron chi connectivity index (χ2n) is 5.46. The SMILES string of the molecule is CCOC(=O)c1c(C)c(S(=O)(=O)NC2(C)COC2)cn1C. The van der Waals surface area contributed by atoms with Crippen LogP contribution in [0.25, 0.3) is 0 Å². The molecule has 1 aromatic rings. The predicted octanol–water partition coefficient (Wildman–Crippen LogP) is 0.577. The molecular weight excluding hydrogens is 296 g/mol. The van der Waals surface area contributed by atoms with E-state index in [0.717, 1.165) is 0 Å². The number of sulfonamides is 1. The number of aromatic nitrogens is 1. The molecule has 0 amide bonds. The van der Waals surface area contributed by atoms with Crippen LogP contribution in [0.15, 0.2) is 11.1 Å². The average Bonchev–Trinajstić information content (AvgIpc) is 2.63. The van der Waals surface area contributed by atoms with Gasteiger partial charge in [-0.3, -0.25) is 0 Å². The fraction of sp³-hybridized carbons (Fsp3) is 0.615. The van der Waals surface area contributed by atoms with Gasteiger partial charge in [0.25, 0.3) is 0 Å². The van der Waals surface area contributed by atoms with Crippen LogP contribution in [0.1, 0.15) is 29.9 Å². The molecule has 1 saturated heterocycles. The molecule has 1 aliphatic rings. The van der Waals surface area contributed by atoms with Gasteiger partial charge in [-0.1, -0.05) is 0 Å². The Balaban J connectivity index is 2.36. The van der Waals surface area contributed by atoms with Crippen LogP contribution in [0.2, 0.25) is 0 Å². The first-order valence-electron chi connectivity index (χ1n) is 6.65. The highest BCUT2D eigenvalue weighted by molar-refractivity contribution is 7.89. The van der Waals surface area contributed by atoms with Gasteiger partial charge in [-0.15, -0.1) is 0 Å². The minimum atomic E-state index is -3.72. The summed E-state index contributed by atoms with van der Waals surface area (Å²) < 4.78 is 39.0. The molecule has 1 N–H and O–H groups in total. The maximum atomic E-state index is 12.5. The topological polar surface area (TPSA) is 86.6 Å². The largest absolute Gasteiger partial charge is 0.461 e. The minimum Gasteiger partial charge on any atom is -0.461 e. The van der Waals surface area contributed by atoms with Crippen molar-refractivity contribution in [2.24, 2.45) is 7.05 Å². The standard InChI is InChI=1S/C13H20N2O5S/c1-5-20-12(16)11-9(2)10(6-15(11)4)21(17,18)14-13(3)7-19-8-13/h6,14H,5,7-8H2,1-4H3. The Bertz CT molecular complexity index is 658. The third-order valence-corrected chi connectivity index (χ3v) is 5.12. The molecule has 2 rings (SSSR count). The van der Waals surface area contributed by atoms with Crippen LogP contribution in [-0.4, -0.2) is 44.3 Å². The summed E-state index contributed by atoms with van der Waals surface area (Å²) in [5.74, 6) is -0.530. The molecule has 1 aliphatic heterocycles. The summed E-state index contributed by atoms with van der Waals surface area (Å²) in [6.07, 6.45) is 1.42. The third-order valence-electron chi connectivity index (χ3n) is 3.37. The second kappa shape index (κ2) is 5.43. The molecule has 1 aromatic heterocycles. The summed E-state index contributed by atoms with van der Waals surface area (Å²) in [4.78, 5) is 12.0. The van der Waals surface area contributed by atoms with Crippen LogP contribution in [0.4, 0.5) is 0 Å². The predicted molar refractivity (Wildman–Crippen MR) is 75.7 cm³/mol. The first-order chi connectivity index (χ1) is 9.70. The highest BCUT2D eigenvalue weighted by atomic mass is 32.2. The Morgan fingerprint density at radius 1 is 1.52 bits per heavy atom. The van der Waals surface area contributed by atoms with Gasteiger partial charge >= 0.3 is 5.97 Å². The number of ether oxygens (including phenoxy) is 2. The van der Waals surface area contributed by atoms with Crippen LogP contribution in [0, 0.1) is 6.92 Å². The summed E-state index contributed by atoms with van der Waals surface area (Å²) in [6, 6.07) is 0. The van der Waals surface area contributed by atoms with E-state index in [2.05, 4.69) is 4.72 Å². The van der Waals surface area contributed by atoms with Crippen molar-refractivity contribution in [2.75, 3.05) is 19.8 Å². The number of hydrogen-bond acceptors (Lipinski definition) is 5. The lowest BCUT2D eigenvalue weighted by atomic mass is 10.0. The van der Waals surface area contributed by atoms with Crippen molar-refractivity contribution < 1.29 is 22.7 Å². The van der Waals surface area contributed by atoms with Crippen LogP contribution < -0.4 is 4.72 Å². The summed E-state index contributed by atoms with van der Waals surface area (Å²) in [5.41, 5.74) is 0.0325. The Morgan fingerprint density at radius 2 is 2.14 bits per heavy atom. The number of hydrogen-bond donors (Lipinski definition) is 1. The van der Waals surface area contributed by atoms with Crippen molar-refractivity contribution >= 4 is 16.0 Å². The molecular formula is C13H20N2O5S. The molecule has 0 saturated carbocycles. The zero-order chi connectivity index (χ0) is 15.8. The van der Waals surface area contributed by atoms with Crippen LogP contribution in [0.5, 0.6) is 0 Å². The molecule has 118 valence electrons. The fourth-order valence-corrected chi connectivity index (χ4v) is 4.01. The summed E-state index contributed by atoms with van der Waals surface area (Å²) >= 11 is 0. The summed E-state index contributed by atoms with van der Waals surface area (Å²) in [5, 5.41) is 0. The highest BCUT2D eigenvalue weighted by Crippen LogP contribution is 2.25. The van der Waals surface area contributed by atoms with Gasteiger partial charge in [0, 0.05) is 18.8 Å². The quantitative estimate of drug-likeness (QED) is 0.803. The Labute approximate surface area is 124 Å². The van der Waals surface area contributed by atoms with Gasteiger partial charge in [-0.25, -0.2) is 17.9 Å². The third kappa shape index (κ3) is 2.97. The summed E-state index contributed by atoms with van der Waals surface area (Å²) in [6.45, 7) is 5.98. The lowest BCUT2D eigenvalue weighted by Crippen LogP contribution is -2.59. The summed E-state index contributed by atoms with van der Waals surface area (Å²) in [7, 11) is -2.10. The van der Waals surface area contributed by atoms with E-state index in [1.165, 1.54) is 10.8 Å². The van der Waals surface area contributed by atoms with Gasteiger partial charge in [0.2, 0.25) is 10.0 Å². The zero-order valence-corrected chi connectivity index (χ0v) is 13.4. The van der Waals surface area contributed by atoms with Gasteiger partial charge < -0.3 is 14.0 Å². The monoisotopic (exact) mass is 316 g/mol. The number of carbonyl (C=O) groups excluding carboxylic acids is 1. The first-order valence-corrected chi connectivity index (χ1v) is 8.13. The number of rotatable bonds is 5. The Morgan fingerprint density at radius 3 is 2.62 bits per heavy atom. The zero-order valence-electron chi connectivity index (χ0n) is 12.6. The molecule has 0 aliphatic carbocycles. The van der Waals surface area contributed by atoms with Gasteiger partial charge in [-0.2, -0.15) is 0 Å². The first kappa shape index (κ1) is 16.0. The number of nitrogens with one attached hydrogen (secondary N) is 1. The van der Waals surface area contributed by atoms with E-state index < -0.39 is 21.5 Å². The minimum absolute atomic E-state index is 0.0844. The van der Waals surface area contributed by atoms with Gasteiger partial charge in [0.05, 0.1) is 25.4 Å². The van der Waals surface area contributed by atoms with E-state index in [1.54, 1.807) is 27.8 Å². The van der Waals surface area contributed by atoms with E-state index >= 15 is 0 Å². The van der Waals surface area contributed by atoms with Crippen LogP contribution in [-0.2, 0) is 26.5 Å². The molecule has 0 atom stereocenters. The van der Waals surface area contributed by atoms with E-state index in [9.17, 15) is 13.2 Å². The highest BCUT2D eigenvalue weighted by Gasteiger charge is 2.39. The van der Waals surface area contributed by atoms with Crippen molar-refractivity contribution in [3.05, 3.63) is 17.5 Å². The number of esters is 1. The van der Waals surface area contributed by atoms with E-state index in [4.69, 9.17) is 9.47 Å². The molecule has 8 heteroatoms. The lowest BCUT2D eigenvalue weighted by molar-refractivity contribution is -0.0523. The average molecular weight is 316 g/mol. The maximum absolute atomic E-state index is 12.5. The van der Waals surface area contributed by atoms with E-state index in [0.29, 0.717) is 18.8 Å². The smallest absolute Gasteiger partial charge is 0.355 e. The van der Waals surface area contributed by atoms with E-state index in [-0.39, 0.29) is 17.2 Å². The number of nitrogens with zero attached hydrogens (tertiary/aromatic N) is 1. The van der Waals surface area contributed by atoms with Crippen molar-refractivity contribution in [3.63, 3.8) is 0 Å². The van der Waals surface area contributed by atoms with Gasteiger partial charge in [0.1, 0.15) is 10.6 Å². The molecule has 21 heavy (non-hydrogen) atoms. The molecule has 0 radical (unpaired) electrons. The molecule has 0 aromatic carbocycles. The van der Waals surface area contributed by atoms with Gasteiger partial charge in [-0.05, 0) is 20.8 Å². The lowest BCUT2D eigenvalue weighted by Gasteiger charge is -2.38. The van der Waals surface area contributed by atoms with Crippen molar-refractivity contribution in [1.82, 2.24) is 9.29 Å². The normalized spacial score (nSPS) is 17.3. The van der Waals surface area contributed by atoms with Crippen molar-refractivity contribution in [3.8, 4) is 0 Å². The van der Waals surface area contributed by atoms with Crippen LogP contribution in [0.3, 0.4) is 0 Å². The number of carbonyl (C=O) groups is 1. The van der Waals surface area contributed by atoms with E-state index in [1.807, 2.05) is 0 Å². The molecule has 0 bridgehead atoms. The molecule has 2 heterocycles. The Hall–Kier alpha value is -1.38. The molecule has 0 unspecified atom stereocenters. The molecule has 7 nitrogen and oxygen atoms in total. The van der Waals surface area contributed by atoms with Crippen LogP contribution >= 0.6 is 0 Å².